The largest absolute Gasteiger partial charge is 0.373 e. The number of rotatable bonds is 8. The molecule has 6 heteroatoms. The van der Waals surface area contributed by atoms with Gasteiger partial charge in [-0.2, -0.15) is 10.1 Å². The Kier molecular flexibility index (Phi) is 10.6. The van der Waals surface area contributed by atoms with E-state index in [1.54, 1.807) is 36.4 Å². The Bertz CT molecular complexity index is 856. The Balaban J connectivity index is 0.000000320. The molecular formula is C26H36O6. The van der Waals surface area contributed by atoms with Gasteiger partial charge >= 0.3 is 11.9 Å². The smallest absolute Gasteiger partial charge is 0.295 e. The van der Waals surface area contributed by atoms with Crippen LogP contribution in [0.15, 0.2) is 54.6 Å². The molecule has 0 amide bonds. The van der Waals surface area contributed by atoms with Gasteiger partial charge in [0.05, 0.1) is 11.1 Å². The Morgan fingerprint density at radius 2 is 1.47 bits per heavy atom. The molecule has 0 heterocycles. The fraction of sp³-hybridized carbons (Fsp3) is 0.462. The van der Waals surface area contributed by atoms with Crippen LogP contribution in [0.3, 0.4) is 0 Å². The molecule has 0 saturated heterocycles. The molecule has 0 aliphatic carbocycles. The van der Waals surface area contributed by atoms with Gasteiger partial charge in [-0.05, 0) is 55.4 Å². The number of hydrogen-bond acceptors (Lipinski definition) is 6. The zero-order valence-electron chi connectivity index (χ0n) is 20.2. The summed E-state index contributed by atoms with van der Waals surface area (Å²) in [5, 5.41) is 8.47. The third-order valence-electron chi connectivity index (χ3n) is 5.57. The van der Waals surface area contributed by atoms with Crippen molar-refractivity contribution in [3.63, 3.8) is 0 Å². The van der Waals surface area contributed by atoms with E-state index < -0.39 is 17.5 Å². The second-order valence-electron chi connectivity index (χ2n) is 9.13. The van der Waals surface area contributed by atoms with Crippen molar-refractivity contribution < 1.29 is 29.5 Å². The molecule has 176 valence electrons. The van der Waals surface area contributed by atoms with Gasteiger partial charge in [-0.3, -0.25) is 9.78 Å². The van der Waals surface area contributed by atoms with Gasteiger partial charge in [0.2, 0.25) is 0 Å². The predicted octanol–water partition coefficient (Wildman–Crippen LogP) is 6.60. The fourth-order valence-electron chi connectivity index (χ4n) is 3.00. The van der Waals surface area contributed by atoms with Crippen LogP contribution in [0.5, 0.6) is 0 Å². The van der Waals surface area contributed by atoms with Crippen LogP contribution >= 0.6 is 0 Å². The number of carbonyl (C=O) groups excluding carboxylic acids is 2. The normalized spacial score (nSPS) is 11.4. The first-order valence-electron chi connectivity index (χ1n) is 10.9. The van der Waals surface area contributed by atoms with Crippen molar-refractivity contribution >= 4 is 11.9 Å². The van der Waals surface area contributed by atoms with Gasteiger partial charge in [0.25, 0.3) is 0 Å². The van der Waals surface area contributed by atoms with Crippen LogP contribution in [0.4, 0.5) is 0 Å². The van der Waals surface area contributed by atoms with Crippen LogP contribution in [-0.4, -0.2) is 22.8 Å². The lowest BCUT2D eigenvalue weighted by molar-refractivity contribution is -0.308. The molecule has 0 unspecified atom stereocenters. The summed E-state index contributed by atoms with van der Waals surface area (Å²) < 4.78 is 0. The Morgan fingerprint density at radius 1 is 0.906 bits per heavy atom. The average Bonchev–Trinajstić information content (AvgIpc) is 2.78. The van der Waals surface area contributed by atoms with E-state index in [0.29, 0.717) is 17.0 Å². The van der Waals surface area contributed by atoms with Crippen molar-refractivity contribution in [2.45, 2.75) is 72.3 Å². The molecule has 0 aromatic heterocycles. The summed E-state index contributed by atoms with van der Waals surface area (Å²) in [7, 11) is 0. The molecule has 0 radical (unpaired) electrons. The van der Waals surface area contributed by atoms with Crippen molar-refractivity contribution in [2.24, 2.45) is 5.92 Å². The molecule has 0 saturated carbocycles. The predicted molar refractivity (Wildman–Crippen MR) is 124 cm³/mol. The molecule has 0 atom stereocenters. The third-order valence-corrected chi connectivity index (χ3v) is 5.57. The standard InChI is InChI=1S/2C13H18O3/c1-9(2)13(3,4)11-8-6-5-7-10(11)12(14)16-15;1-4-10-13(2,3)16-15-12(14)11-8-6-5-7-9-11/h5-9,15H,1-4H3;5-9H,4,10H2,1-3H3. The molecule has 6 nitrogen and oxygen atoms in total. The van der Waals surface area contributed by atoms with Crippen LogP contribution in [0.2, 0.25) is 0 Å². The summed E-state index contributed by atoms with van der Waals surface area (Å²) in [5.41, 5.74) is 1.23. The number of carbonyl (C=O) groups is 2. The zero-order valence-corrected chi connectivity index (χ0v) is 20.2. The van der Waals surface area contributed by atoms with Crippen molar-refractivity contribution in [1.29, 1.82) is 0 Å². The third kappa shape index (κ3) is 8.09. The highest BCUT2D eigenvalue weighted by Crippen LogP contribution is 2.33. The summed E-state index contributed by atoms with van der Waals surface area (Å²) in [6.07, 6.45) is 1.82. The van der Waals surface area contributed by atoms with Crippen LogP contribution in [-0.2, 0) is 20.1 Å². The lowest BCUT2D eigenvalue weighted by Gasteiger charge is -2.31. The molecule has 2 rings (SSSR count). The molecule has 0 aliphatic heterocycles. The molecule has 32 heavy (non-hydrogen) atoms. The molecule has 2 aromatic carbocycles. The molecule has 0 fully saturated rings. The van der Waals surface area contributed by atoms with Gasteiger partial charge in [-0.15, -0.1) is 0 Å². The van der Waals surface area contributed by atoms with E-state index in [0.717, 1.165) is 18.4 Å². The van der Waals surface area contributed by atoms with E-state index in [-0.39, 0.29) is 5.41 Å². The second kappa shape index (κ2) is 12.4. The van der Waals surface area contributed by atoms with E-state index in [2.05, 4.69) is 39.5 Å². The summed E-state index contributed by atoms with van der Waals surface area (Å²) in [6.45, 7) is 14.2. The monoisotopic (exact) mass is 444 g/mol. The topological polar surface area (TPSA) is 82.1 Å². The Labute approximate surface area is 191 Å². The van der Waals surface area contributed by atoms with Crippen LogP contribution in [0.1, 0.15) is 87.6 Å². The lowest BCUT2D eigenvalue weighted by atomic mass is 9.73. The zero-order chi connectivity index (χ0) is 24.4. The number of benzene rings is 2. The maximum atomic E-state index is 11.5. The van der Waals surface area contributed by atoms with Gasteiger partial charge in [-0.25, -0.2) is 9.59 Å². The van der Waals surface area contributed by atoms with E-state index in [9.17, 15) is 9.59 Å². The molecule has 0 bridgehead atoms. The summed E-state index contributed by atoms with van der Waals surface area (Å²) in [6, 6.07) is 16.0. The van der Waals surface area contributed by atoms with Crippen molar-refractivity contribution in [1.82, 2.24) is 0 Å². The van der Waals surface area contributed by atoms with Gasteiger partial charge in [-0.1, -0.05) is 77.4 Å². The molecule has 1 N–H and O–H groups in total. The van der Waals surface area contributed by atoms with Gasteiger partial charge < -0.3 is 0 Å². The minimum Gasteiger partial charge on any atom is -0.295 e. The van der Waals surface area contributed by atoms with Crippen LogP contribution < -0.4 is 0 Å². The Morgan fingerprint density at radius 3 is 2.00 bits per heavy atom. The fourth-order valence-corrected chi connectivity index (χ4v) is 3.00. The van der Waals surface area contributed by atoms with Gasteiger partial charge in [0.15, 0.2) is 0 Å². The SMILES string of the molecule is CC(C)C(C)(C)c1ccccc1C(=O)OO.CCCC(C)(C)OOC(=O)c1ccccc1. The second-order valence-corrected chi connectivity index (χ2v) is 9.13. The van der Waals surface area contributed by atoms with E-state index in [1.165, 1.54) is 0 Å². The molecular weight excluding hydrogens is 408 g/mol. The lowest BCUT2D eigenvalue weighted by Crippen LogP contribution is -2.27. The van der Waals surface area contributed by atoms with Crippen molar-refractivity contribution in [3.05, 3.63) is 71.3 Å². The number of hydrogen-bond donors (Lipinski definition) is 1. The highest BCUT2D eigenvalue weighted by molar-refractivity contribution is 5.91. The summed E-state index contributed by atoms with van der Waals surface area (Å²) in [5.74, 6) is -0.783. The maximum absolute atomic E-state index is 11.5. The first kappa shape index (κ1) is 27.3. The summed E-state index contributed by atoms with van der Waals surface area (Å²) in [4.78, 5) is 36.7. The van der Waals surface area contributed by atoms with E-state index in [1.807, 2.05) is 32.0 Å². The van der Waals surface area contributed by atoms with Gasteiger partial charge in [0.1, 0.15) is 5.60 Å². The first-order valence-corrected chi connectivity index (χ1v) is 10.9. The van der Waals surface area contributed by atoms with Crippen molar-refractivity contribution in [2.75, 3.05) is 0 Å². The van der Waals surface area contributed by atoms with Crippen LogP contribution in [0.25, 0.3) is 0 Å². The van der Waals surface area contributed by atoms with Gasteiger partial charge in [0, 0.05) is 0 Å². The summed E-state index contributed by atoms with van der Waals surface area (Å²) >= 11 is 0. The highest BCUT2D eigenvalue weighted by atomic mass is 17.2. The highest BCUT2D eigenvalue weighted by Gasteiger charge is 2.29. The minimum atomic E-state index is -0.704. The Hall–Kier alpha value is -2.70. The molecule has 2 aromatic rings. The van der Waals surface area contributed by atoms with Crippen molar-refractivity contribution in [3.8, 4) is 0 Å². The average molecular weight is 445 g/mol. The van der Waals surface area contributed by atoms with E-state index in [4.69, 9.17) is 15.0 Å². The minimum absolute atomic E-state index is 0.148. The van der Waals surface area contributed by atoms with E-state index >= 15 is 0 Å². The molecule has 0 spiro atoms. The first-order chi connectivity index (χ1) is 15.0. The maximum Gasteiger partial charge on any atom is 0.373 e. The molecule has 0 aliphatic rings. The van der Waals surface area contributed by atoms with Crippen LogP contribution in [0, 0.1) is 5.92 Å². The quantitative estimate of drug-likeness (QED) is 0.365.